The Morgan fingerprint density at radius 3 is 2.53 bits per heavy atom. The molecule has 0 spiro atoms. The third-order valence-corrected chi connectivity index (χ3v) is 4.41. The quantitative estimate of drug-likeness (QED) is 0.733. The molecule has 0 heterocycles. The Morgan fingerprint density at radius 1 is 1.24 bits per heavy atom. The second-order valence-electron chi connectivity index (χ2n) is 5.01. The molecule has 0 unspecified atom stereocenters. The standard InChI is InChI=1S/C15H21ClO/c1-3-11-4-6-12(7-5-11)14-10-13(17-2)8-9-15(14)16/h8-12H,3-7H2,1-2H3. The maximum Gasteiger partial charge on any atom is 0.119 e. The van der Waals surface area contributed by atoms with Gasteiger partial charge in [-0.1, -0.05) is 24.9 Å². The van der Waals surface area contributed by atoms with E-state index in [4.69, 9.17) is 16.3 Å². The van der Waals surface area contributed by atoms with Crippen molar-refractivity contribution >= 4 is 11.6 Å². The van der Waals surface area contributed by atoms with Gasteiger partial charge in [-0.3, -0.25) is 0 Å². The lowest BCUT2D eigenvalue weighted by Gasteiger charge is -2.28. The van der Waals surface area contributed by atoms with Crippen LogP contribution in [0.1, 0.15) is 50.5 Å². The predicted molar refractivity (Wildman–Crippen MR) is 73.0 cm³/mol. The zero-order valence-corrected chi connectivity index (χ0v) is 11.5. The summed E-state index contributed by atoms with van der Waals surface area (Å²) in [6.45, 7) is 2.30. The van der Waals surface area contributed by atoms with Crippen LogP contribution >= 0.6 is 11.6 Å². The number of ether oxygens (including phenoxy) is 1. The van der Waals surface area contributed by atoms with Gasteiger partial charge in [-0.2, -0.15) is 0 Å². The highest BCUT2D eigenvalue weighted by Gasteiger charge is 2.23. The molecule has 0 aromatic heterocycles. The van der Waals surface area contributed by atoms with E-state index in [-0.39, 0.29) is 0 Å². The number of rotatable bonds is 3. The molecule has 0 radical (unpaired) electrons. The van der Waals surface area contributed by atoms with Crippen molar-refractivity contribution in [3.8, 4) is 5.75 Å². The van der Waals surface area contributed by atoms with Gasteiger partial charge in [0.2, 0.25) is 0 Å². The lowest BCUT2D eigenvalue weighted by atomic mass is 9.78. The number of hydrogen-bond acceptors (Lipinski definition) is 1. The minimum Gasteiger partial charge on any atom is -0.497 e. The van der Waals surface area contributed by atoms with Gasteiger partial charge in [-0.15, -0.1) is 0 Å². The lowest BCUT2D eigenvalue weighted by molar-refractivity contribution is 0.318. The minimum absolute atomic E-state index is 0.625. The SMILES string of the molecule is CCC1CCC(c2cc(OC)ccc2Cl)CC1. The van der Waals surface area contributed by atoms with Crippen molar-refractivity contribution in [2.45, 2.75) is 44.9 Å². The summed E-state index contributed by atoms with van der Waals surface area (Å²) in [5.74, 6) is 2.47. The Bertz CT molecular complexity index is 367. The molecule has 1 aliphatic carbocycles. The molecule has 0 atom stereocenters. The van der Waals surface area contributed by atoms with E-state index in [1.807, 2.05) is 12.1 Å². The fourth-order valence-corrected chi connectivity index (χ4v) is 3.12. The number of methoxy groups -OCH3 is 1. The van der Waals surface area contributed by atoms with Crippen LogP contribution in [0.2, 0.25) is 5.02 Å². The first-order valence-corrected chi connectivity index (χ1v) is 6.95. The van der Waals surface area contributed by atoms with E-state index in [1.54, 1.807) is 7.11 Å². The highest BCUT2D eigenvalue weighted by Crippen LogP contribution is 2.40. The topological polar surface area (TPSA) is 9.23 Å². The van der Waals surface area contributed by atoms with Crippen LogP contribution in [0.5, 0.6) is 5.75 Å². The number of benzene rings is 1. The highest BCUT2D eigenvalue weighted by molar-refractivity contribution is 6.31. The van der Waals surface area contributed by atoms with Crippen LogP contribution in [-0.4, -0.2) is 7.11 Å². The Balaban J connectivity index is 2.12. The van der Waals surface area contributed by atoms with E-state index in [2.05, 4.69) is 13.0 Å². The summed E-state index contributed by atoms with van der Waals surface area (Å²) < 4.78 is 5.28. The molecule has 1 saturated carbocycles. The molecule has 2 rings (SSSR count). The molecule has 1 nitrogen and oxygen atoms in total. The molecule has 17 heavy (non-hydrogen) atoms. The molecule has 1 aromatic carbocycles. The summed E-state index contributed by atoms with van der Waals surface area (Å²) in [4.78, 5) is 0. The molecule has 2 heteroatoms. The van der Waals surface area contributed by atoms with E-state index < -0.39 is 0 Å². The summed E-state index contributed by atoms with van der Waals surface area (Å²) in [5.41, 5.74) is 1.28. The fraction of sp³-hybridized carbons (Fsp3) is 0.600. The summed E-state index contributed by atoms with van der Waals surface area (Å²) in [6, 6.07) is 6.00. The van der Waals surface area contributed by atoms with Crippen molar-refractivity contribution in [3.63, 3.8) is 0 Å². The zero-order valence-electron chi connectivity index (χ0n) is 10.7. The van der Waals surface area contributed by atoms with E-state index in [9.17, 15) is 0 Å². The summed E-state index contributed by atoms with van der Waals surface area (Å²) in [7, 11) is 1.71. The van der Waals surface area contributed by atoms with Crippen molar-refractivity contribution in [2.24, 2.45) is 5.92 Å². The van der Waals surface area contributed by atoms with Crippen LogP contribution in [0, 0.1) is 5.92 Å². The van der Waals surface area contributed by atoms with Gasteiger partial charge in [0.25, 0.3) is 0 Å². The monoisotopic (exact) mass is 252 g/mol. The molecule has 1 aliphatic rings. The number of hydrogen-bond donors (Lipinski definition) is 0. The van der Waals surface area contributed by atoms with Gasteiger partial charge in [-0.05, 0) is 61.3 Å². The van der Waals surface area contributed by atoms with Crippen molar-refractivity contribution < 1.29 is 4.74 Å². The zero-order chi connectivity index (χ0) is 12.3. The smallest absolute Gasteiger partial charge is 0.119 e. The first-order valence-electron chi connectivity index (χ1n) is 6.58. The molecule has 0 bridgehead atoms. The average molecular weight is 253 g/mol. The molecule has 0 amide bonds. The summed E-state index contributed by atoms with van der Waals surface area (Å²) in [6.07, 6.45) is 6.54. The largest absolute Gasteiger partial charge is 0.497 e. The summed E-state index contributed by atoms with van der Waals surface area (Å²) in [5, 5.41) is 0.894. The third-order valence-electron chi connectivity index (χ3n) is 4.07. The van der Waals surface area contributed by atoms with Gasteiger partial charge in [0.05, 0.1) is 7.11 Å². The van der Waals surface area contributed by atoms with Gasteiger partial charge in [0.15, 0.2) is 0 Å². The molecule has 1 aromatic rings. The van der Waals surface area contributed by atoms with Crippen molar-refractivity contribution in [3.05, 3.63) is 28.8 Å². The Morgan fingerprint density at radius 2 is 1.94 bits per heavy atom. The van der Waals surface area contributed by atoms with Gasteiger partial charge in [0, 0.05) is 5.02 Å². The fourth-order valence-electron chi connectivity index (χ4n) is 2.84. The molecule has 1 fully saturated rings. The first-order chi connectivity index (χ1) is 8.24. The van der Waals surface area contributed by atoms with Crippen LogP contribution in [0.4, 0.5) is 0 Å². The van der Waals surface area contributed by atoms with Crippen LogP contribution < -0.4 is 4.74 Å². The van der Waals surface area contributed by atoms with E-state index in [1.165, 1.54) is 37.7 Å². The maximum absolute atomic E-state index is 6.30. The highest BCUT2D eigenvalue weighted by atomic mass is 35.5. The second kappa shape index (κ2) is 5.77. The van der Waals surface area contributed by atoms with Crippen LogP contribution in [0.3, 0.4) is 0 Å². The van der Waals surface area contributed by atoms with Gasteiger partial charge < -0.3 is 4.74 Å². The third kappa shape index (κ3) is 2.95. The maximum atomic E-state index is 6.30. The van der Waals surface area contributed by atoms with E-state index >= 15 is 0 Å². The van der Waals surface area contributed by atoms with Crippen molar-refractivity contribution in [1.82, 2.24) is 0 Å². The molecule has 0 N–H and O–H groups in total. The Kier molecular flexibility index (Phi) is 4.33. The van der Waals surface area contributed by atoms with Gasteiger partial charge >= 0.3 is 0 Å². The molecule has 94 valence electrons. The summed E-state index contributed by atoms with van der Waals surface area (Å²) >= 11 is 6.30. The molecule has 0 saturated heterocycles. The second-order valence-corrected chi connectivity index (χ2v) is 5.42. The Hall–Kier alpha value is -0.690. The Labute approximate surface area is 109 Å². The van der Waals surface area contributed by atoms with Crippen LogP contribution in [-0.2, 0) is 0 Å². The normalized spacial score (nSPS) is 24.6. The predicted octanol–water partition coefficient (Wildman–Crippen LogP) is 5.03. The van der Waals surface area contributed by atoms with E-state index in [0.717, 1.165) is 16.7 Å². The van der Waals surface area contributed by atoms with Crippen LogP contribution in [0.15, 0.2) is 18.2 Å². The average Bonchev–Trinajstić information content (AvgIpc) is 2.39. The van der Waals surface area contributed by atoms with E-state index in [0.29, 0.717) is 5.92 Å². The molecular weight excluding hydrogens is 232 g/mol. The van der Waals surface area contributed by atoms with Crippen LogP contribution in [0.25, 0.3) is 0 Å². The lowest BCUT2D eigenvalue weighted by Crippen LogP contribution is -2.13. The van der Waals surface area contributed by atoms with Gasteiger partial charge in [0.1, 0.15) is 5.75 Å². The minimum atomic E-state index is 0.625. The molecular formula is C15H21ClO. The number of halogens is 1. The van der Waals surface area contributed by atoms with Crippen molar-refractivity contribution in [2.75, 3.05) is 7.11 Å². The van der Waals surface area contributed by atoms with Crippen molar-refractivity contribution in [1.29, 1.82) is 0 Å². The molecule has 0 aliphatic heterocycles. The first kappa shape index (κ1) is 12.8. The van der Waals surface area contributed by atoms with Gasteiger partial charge in [-0.25, -0.2) is 0 Å².